The van der Waals surface area contributed by atoms with E-state index in [1.165, 1.54) is 11.8 Å². The van der Waals surface area contributed by atoms with Crippen LogP contribution in [0, 0.1) is 0 Å². The molecule has 1 saturated heterocycles. The first-order valence-corrected chi connectivity index (χ1v) is 11.2. The molecule has 2 amide bonds. The van der Waals surface area contributed by atoms with Crippen LogP contribution >= 0.6 is 11.8 Å². The van der Waals surface area contributed by atoms with Gasteiger partial charge in [0, 0.05) is 25.5 Å². The normalized spacial score (nSPS) is 18.9. The third kappa shape index (κ3) is 4.86. The van der Waals surface area contributed by atoms with Crippen LogP contribution < -0.4 is 4.90 Å². The zero-order chi connectivity index (χ0) is 21.6. The molecule has 31 heavy (non-hydrogen) atoms. The average molecular weight is 437 g/mol. The van der Waals surface area contributed by atoms with E-state index < -0.39 is 0 Å². The standard InChI is InChI=1S/C23H24N4O3S/c1-2-20(22(29)26-11-13-30-14-12-26)31-23-25-19(15-17-7-6-10-24-16-17)21(28)27(23)18-8-4-3-5-9-18/h3-10,15-16,20H,2,11-14H2,1H3/b19-15-/t20-/m1/s1. The van der Waals surface area contributed by atoms with Gasteiger partial charge in [0.15, 0.2) is 5.17 Å². The Morgan fingerprint density at radius 3 is 2.65 bits per heavy atom. The van der Waals surface area contributed by atoms with Gasteiger partial charge in [0.05, 0.1) is 24.2 Å². The Balaban J connectivity index is 1.64. The number of hydrogen-bond acceptors (Lipinski definition) is 6. The SMILES string of the molecule is CC[C@@H](SC1=N/C(=C\c2cccnc2)C(=O)N1c1ccccc1)C(=O)N1CCOCC1. The molecular weight excluding hydrogens is 412 g/mol. The Labute approximate surface area is 185 Å². The van der Waals surface area contributed by atoms with Crippen molar-refractivity contribution in [2.75, 3.05) is 31.2 Å². The molecule has 0 spiro atoms. The molecule has 0 unspecified atom stereocenters. The van der Waals surface area contributed by atoms with Crippen LogP contribution in [-0.4, -0.2) is 58.4 Å². The third-order valence-electron chi connectivity index (χ3n) is 5.05. The number of thioether (sulfide) groups is 1. The van der Waals surface area contributed by atoms with Crippen molar-refractivity contribution in [2.45, 2.75) is 18.6 Å². The Kier molecular flexibility index (Phi) is 6.79. The van der Waals surface area contributed by atoms with E-state index in [2.05, 4.69) is 9.98 Å². The molecular formula is C23H24N4O3S. The molecule has 0 bridgehead atoms. The highest BCUT2D eigenvalue weighted by atomic mass is 32.2. The van der Waals surface area contributed by atoms with E-state index in [4.69, 9.17) is 4.74 Å². The van der Waals surface area contributed by atoms with Crippen molar-refractivity contribution in [2.24, 2.45) is 4.99 Å². The molecule has 0 radical (unpaired) electrons. The second-order valence-corrected chi connectivity index (χ2v) is 8.31. The largest absolute Gasteiger partial charge is 0.378 e. The third-order valence-corrected chi connectivity index (χ3v) is 6.35. The first kappa shape index (κ1) is 21.3. The lowest BCUT2D eigenvalue weighted by atomic mass is 10.2. The highest BCUT2D eigenvalue weighted by molar-refractivity contribution is 8.15. The molecule has 3 heterocycles. The first-order chi connectivity index (χ1) is 15.2. The zero-order valence-corrected chi connectivity index (χ0v) is 18.1. The van der Waals surface area contributed by atoms with Crippen molar-refractivity contribution >= 4 is 40.5 Å². The Morgan fingerprint density at radius 1 is 1.19 bits per heavy atom. The fourth-order valence-corrected chi connectivity index (χ4v) is 4.54. The van der Waals surface area contributed by atoms with Gasteiger partial charge in [0.2, 0.25) is 5.91 Å². The van der Waals surface area contributed by atoms with E-state index in [0.717, 1.165) is 11.3 Å². The topological polar surface area (TPSA) is 75.1 Å². The number of nitrogens with zero attached hydrogens (tertiary/aromatic N) is 4. The van der Waals surface area contributed by atoms with Gasteiger partial charge in [-0.3, -0.25) is 19.5 Å². The van der Waals surface area contributed by atoms with Gasteiger partial charge >= 0.3 is 0 Å². The molecule has 160 valence electrons. The molecule has 2 aliphatic heterocycles. The number of pyridine rings is 1. The van der Waals surface area contributed by atoms with Crippen LogP contribution in [0.4, 0.5) is 5.69 Å². The summed E-state index contributed by atoms with van der Waals surface area (Å²) >= 11 is 1.34. The summed E-state index contributed by atoms with van der Waals surface area (Å²) in [6.07, 6.45) is 5.73. The maximum Gasteiger partial charge on any atom is 0.283 e. The van der Waals surface area contributed by atoms with Crippen LogP contribution in [-0.2, 0) is 14.3 Å². The first-order valence-electron chi connectivity index (χ1n) is 10.3. The lowest BCUT2D eigenvalue weighted by molar-refractivity contribution is -0.134. The summed E-state index contributed by atoms with van der Waals surface area (Å²) in [6, 6.07) is 13.1. The zero-order valence-electron chi connectivity index (χ0n) is 17.3. The van der Waals surface area contributed by atoms with Gasteiger partial charge in [-0.1, -0.05) is 43.0 Å². The van der Waals surface area contributed by atoms with Gasteiger partial charge in [-0.15, -0.1) is 0 Å². The highest BCUT2D eigenvalue weighted by Crippen LogP contribution is 2.32. The number of carbonyl (C=O) groups is 2. The van der Waals surface area contributed by atoms with Crippen molar-refractivity contribution in [3.05, 3.63) is 66.1 Å². The number of rotatable bonds is 5. The monoisotopic (exact) mass is 436 g/mol. The van der Waals surface area contributed by atoms with Gasteiger partial charge in [-0.25, -0.2) is 4.99 Å². The number of benzene rings is 1. The van der Waals surface area contributed by atoms with Crippen LogP contribution in [0.5, 0.6) is 0 Å². The smallest absolute Gasteiger partial charge is 0.283 e. The maximum absolute atomic E-state index is 13.3. The van der Waals surface area contributed by atoms with Crippen molar-refractivity contribution in [1.29, 1.82) is 0 Å². The molecule has 2 aromatic rings. The van der Waals surface area contributed by atoms with Crippen molar-refractivity contribution in [3.8, 4) is 0 Å². The van der Waals surface area contributed by atoms with Gasteiger partial charge in [-0.2, -0.15) is 0 Å². The molecule has 1 fully saturated rings. The average Bonchev–Trinajstić information content (AvgIpc) is 3.13. The van der Waals surface area contributed by atoms with Crippen molar-refractivity contribution in [1.82, 2.24) is 9.88 Å². The summed E-state index contributed by atoms with van der Waals surface area (Å²) in [5.41, 5.74) is 1.85. The molecule has 0 aliphatic carbocycles. The van der Waals surface area contributed by atoms with E-state index in [1.807, 2.05) is 54.3 Å². The fourth-order valence-electron chi connectivity index (χ4n) is 3.42. The number of ether oxygens (including phenoxy) is 1. The number of amidine groups is 1. The minimum absolute atomic E-state index is 0.0589. The summed E-state index contributed by atoms with van der Waals surface area (Å²) < 4.78 is 5.37. The summed E-state index contributed by atoms with van der Waals surface area (Å²) in [5, 5.41) is 0.188. The number of aliphatic imine (C=N–C) groups is 1. The van der Waals surface area contributed by atoms with Crippen LogP contribution in [0.2, 0.25) is 0 Å². The number of anilines is 1. The second-order valence-electron chi connectivity index (χ2n) is 7.14. The fraction of sp³-hybridized carbons (Fsp3) is 0.304. The van der Waals surface area contributed by atoms with E-state index in [0.29, 0.717) is 43.6 Å². The Hall–Kier alpha value is -2.97. The number of hydrogen-bond donors (Lipinski definition) is 0. The van der Waals surface area contributed by atoms with E-state index in [9.17, 15) is 9.59 Å². The van der Waals surface area contributed by atoms with Gasteiger partial charge in [0.25, 0.3) is 5.91 Å². The maximum atomic E-state index is 13.3. The van der Waals surface area contributed by atoms with Gasteiger partial charge in [-0.05, 0) is 36.3 Å². The van der Waals surface area contributed by atoms with Crippen molar-refractivity contribution in [3.63, 3.8) is 0 Å². The van der Waals surface area contributed by atoms with E-state index in [-0.39, 0.29) is 17.1 Å². The van der Waals surface area contributed by atoms with Crippen LogP contribution in [0.15, 0.2) is 65.5 Å². The Bertz CT molecular complexity index is 988. The minimum Gasteiger partial charge on any atom is -0.378 e. The van der Waals surface area contributed by atoms with Gasteiger partial charge < -0.3 is 9.64 Å². The number of amides is 2. The lowest BCUT2D eigenvalue weighted by Gasteiger charge is -2.30. The molecule has 0 N–H and O–H groups in total. The van der Waals surface area contributed by atoms with Crippen LogP contribution in [0.3, 0.4) is 0 Å². The summed E-state index contributed by atoms with van der Waals surface area (Å²) in [7, 11) is 0. The van der Waals surface area contributed by atoms with Crippen molar-refractivity contribution < 1.29 is 14.3 Å². The Morgan fingerprint density at radius 2 is 1.97 bits per heavy atom. The summed E-state index contributed by atoms with van der Waals surface area (Å²) in [6.45, 7) is 4.28. The molecule has 7 nitrogen and oxygen atoms in total. The molecule has 1 aromatic heterocycles. The van der Waals surface area contributed by atoms with Crippen LogP contribution in [0.1, 0.15) is 18.9 Å². The summed E-state index contributed by atoms with van der Waals surface area (Å²) in [4.78, 5) is 38.5. The molecule has 0 saturated carbocycles. The molecule has 2 aliphatic rings. The quantitative estimate of drug-likeness (QED) is 0.673. The van der Waals surface area contributed by atoms with Crippen LogP contribution in [0.25, 0.3) is 6.08 Å². The predicted molar refractivity (Wildman–Crippen MR) is 123 cm³/mol. The number of aromatic nitrogens is 1. The minimum atomic E-state index is -0.325. The van der Waals surface area contributed by atoms with E-state index >= 15 is 0 Å². The molecule has 1 aromatic carbocycles. The highest BCUT2D eigenvalue weighted by Gasteiger charge is 2.36. The predicted octanol–water partition coefficient (Wildman–Crippen LogP) is 3.20. The molecule has 1 atom stereocenters. The number of para-hydroxylation sites is 1. The summed E-state index contributed by atoms with van der Waals surface area (Å²) in [5.74, 6) is -0.158. The molecule has 8 heteroatoms. The lowest BCUT2D eigenvalue weighted by Crippen LogP contribution is -2.45. The number of morpholine rings is 1. The molecule has 4 rings (SSSR count). The van der Waals surface area contributed by atoms with Gasteiger partial charge in [0.1, 0.15) is 5.70 Å². The number of carbonyl (C=O) groups excluding carboxylic acids is 2. The van der Waals surface area contributed by atoms with E-state index in [1.54, 1.807) is 23.4 Å². The second kappa shape index (κ2) is 9.89.